The van der Waals surface area contributed by atoms with E-state index >= 15 is 0 Å². The number of likely N-dealkylation sites (N-methyl/N-ethyl adjacent to an activating group) is 1. The maximum absolute atomic E-state index is 13.3. The summed E-state index contributed by atoms with van der Waals surface area (Å²) in [4.78, 5) is 25.8. The van der Waals surface area contributed by atoms with Crippen LogP contribution in [0.1, 0.15) is 51.0 Å². The minimum absolute atomic E-state index is 0.0268. The second-order valence-corrected chi connectivity index (χ2v) is 11.8. The lowest BCUT2D eigenvalue weighted by molar-refractivity contribution is -0.164. The molecular weight excluding hydrogens is 402 g/mol. The quantitative estimate of drug-likeness (QED) is 0.616. The van der Waals surface area contributed by atoms with Gasteiger partial charge in [0.15, 0.2) is 11.9 Å². The van der Waals surface area contributed by atoms with E-state index in [4.69, 9.17) is 4.74 Å². The summed E-state index contributed by atoms with van der Waals surface area (Å²) in [5.74, 6) is 1.23. The van der Waals surface area contributed by atoms with Crippen LogP contribution in [-0.2, 0) is 24.3 Å². The van der Waals surface area contributed by atoms with Crippen LogP contribution in [-0.4, -0.2) is 44.2 Å². The van der Waals surface area contributed by atoms with Gasteiger partial charge in [0.05, 0.1) is 4.90 Å². The van der Waals surface area contributed by atoms with E-state index in [1.165, 1.54) is 38.4 Å². The van der Waals surface area contributed by atoms with Gasteiger partial charge in [0, 0.05) is 12.5 Å². The molecule has 1 atom stereocenters. The minimum atomic E-state index is -3.80. The summed E-state index contributed by atoms with van der Waals surface area (Å²) < 4.78 is 31.8. The number of benzene rings is 1. The van der Waals surface area contributed by atoms with Gasteiger partial charge >= 0.3 is 5.97 Å². The fourth-order valence-corrected chi connectivity index (χ4v) is 7.40. The Hall–Kier alpha value is -1.73. The van der Waals surface area contributed by atoms with Crippen molar-refractivity contribution < 1.29 is 22.7 Å². The Kier molecular flexibility index (Phi) is 5.56. The molecule has 0 saturated heterocycles. The van der Waals surface area contributed by atoms with Crippen molar-refractivity contribution in [3.8, 4) is 0 Å². The van der Waals surface area contributed by atoms with Crippen LogP contribution in [0.5, 0.6) is 0 Å². The van der Waals surface area contributed by atoms with Gasteiger partial charge in [-0.2, -0.15) is 4.31 Å². The Morgan fingerprint density at radius 3 is 2.07 bits per heavy atom. The molecular formula is C23H31NO5S. The number of hydrogen-bond acceptors (Lipinski definition) is 5. The summed E-state index contributed by atoms with van der Waals surface area (Å²) in [5, 5.41) is 0. The number of esters is 1. The first kappa shape index (κ1) is 21.5. The van der Waals surface area contributed by atoms with E-state index in [1.807, 2.05) is 6.92 Å². The maximum Gasteiger partial charge on any atom is 0.321 e. The summed E-state index contributed by atoms with van der Waals surface area (Å²) in [6.07, 6.45) is 5.63. The Labute approximate surface area is 179 Å². The van der Waals surface area contributed by atoms with Gasteiger partial charge in [-0.15, -0.1) is 0 Å². The number of nitrogens with zero attached hydrogens (tertiary/aromatic N) is 1. The van der Waals surface area contributed by atoms with E-state index in [-0.39, 0.29) is 16.1 Å². The van der Waals surface area contributed by atoms with Crippen molar-refractivity contribution in [2.45, 2.75) is 63.4 Å². The molecule has 1 unspecified atom stereocenters. The normalized spacial score (nSPS) is 31.0. The molecule has 0 aliphatic heterocycles. The monoisotopic (exact) mass is 433 g/mol. The highest BCUT2D eigenvalue weighted by molar-refractivity contribution is 7.89. The fourth-order valence-electron chi connectivity index (χ4n) is 6.29. The molecule has 6 nitrogen and oxygen atoms in total. The second kappa shape index (κ2) is 7.75. The Bertz CT molecular complexity index is 902. The predicted molar refractivity (Wildman–Crippen MR) is 112 cm³/mol. The fraction of sp³-hybridized carbons (Fsp3) is 0.652. The summed E-state index contributed by atoms with van der Waals surface area (Å²) in [5.41, 5.74) is 0.613. The molecule has 4 fully saturated rings. The van der Waals surface area contributed by atoms with Crippen LogP contribution >= 0.6 is 0 Å². The van der Waals surface area contributed by atoms with Gasteiger partial charge < -0.3 is 4.74 Å². The number of carbonyl (C=O) groups excluding carboxylic acids is 2. The van der Waals surface area contributed by atoms with E-state index in [0.717, 1.165) is 29.1 Å². The zero-order valence-electron chi connectivity index (χ0n) is 18.0. The van der Waals surface area contributed by atoms with Crippen LogP contribution in [0.3, 0.4) is 0 Å². The zero-order valence-corrected chi connectivity index (χ0v) is 18.8. The van der Waals surface area contributed by atoms with Crippen LogP contribution in [0.15, 0.2) is 29.2 Å². The molecule has 30 heavy (non-hydrogen) atoms. The molecule has 0 aromatic heterocycles. The van der Waals surface area contributed by atoms with Crippen LogP contribution in [0.4, 0.5) is 0 Å². The molecule has 4 saturated carbocycles. The topological polar surface area (TPSA) is 80.8 Å². The molecule has 0 heterocycles. The maximum atomic E-state index is 13.3. The van der Waals surface area contributed by atoms with Gasteiger partial charge in [0.1, 0.15) is 6.54 Å². The van der Waals surface area contributed by atoms with E-state index in [2.05, 4.69) is 0 Å². The van der Waals surface area contributed by atoms with Gasteiger partial charge in [-0.1, -0.05) is 17.7 Å². The Morgan fingerprint density at radius 1 is 1.07 bits per heavy atom. The highest BCUT2D eigenvalue weighted by Gasteiger charge is 2.55. The Morgan fingerprint density at radius 2 is 1.57 bits per heavy atom. The van der Waals surface area contributed by atoms with Gasteiger partial charge in [0.2, 0.25) is 10.0 Å². The van der Waals surface area contributed by atoms with E-state index in [0.29, 0.717) is 17.8 Å². The molecule has 0 spiro atoms. The van der Waals surface area contributed by atoms with Crippen LogP contribution < -0.4 is 0 Å². The molecule has 4 aliphatic carbocycles. The average molecular weight is 434 g/mol. The third-order valence-electron chi connectivity index (χ3n) is 7.32. The predicted octanol–water partition coefficient (Wildman–Crippen LogP) is 3.33. The number of ketones is 1. The number of aryl methyl sites for hydroxylation is 1. The standard InChI is InChI=1S/C23H31NO5S/c1-15-4-6-20(7-5-15)30(27,28)24(3)14-21(25)29-16(2)22(26)23-11-17-8-18(12-23)10-19(9-17)13-23/h4-7,16-19H,8-14H2,1-3H3. The number of sulfonamides is 1. The number of ether oxygens (including phenoxy) is 1. The largest absolute Gasteiger partial charge is 0.454 e. The number of carbonyl (C=O) groups is 2. The lowest BCUT2D eigenvalue weighted by Crippen LogP contribution is -2.53. The SMILES string of the molecule is Cc1ccc(S(=O)(=O)N(C)CC(=O)OC(C)C(=O)C23CC4CC(CC(C4)C2)C3)cc1. The van der Waals surface area contributed by atoms with Crippen molar-refractivity contribution in [3.05, 3.63) is 29.8 Å². The third kappa shape index (κ3) is 3.94. The number of Topliss-reactive ketones (excluding diaryl/α,β-unsaturated/α-hetero) is 1. The molecule has 0 amide bonds. The van der Waals surface area contributed by atoms with Crippen molar-refractivity contribution in [3.63, 3.8) is 0 Å². The molecule has 0 radical (unpaired) electrons. The average Bonchev–Trinajstić information content (AvgIpc) is 2.66. The van der Waals surface area contributed by atoms with Crippen molar-refractivity contribution in [2.75, 3.05) is 13.6 Å². The first-order valence-corrected chi connectivity index (χ1v) is 12.3. The van der Waals surface area contributed by atoms with Crippen molar-refractivity contribution >= 4 is 21.8 Å². The molecule has 1 aromatic carbocycles. The van der Waals surface area contributed by atoms with Gasteiger partial charge in [-0.3, -0.25) is 9.59 Å². The van der Waals surface area contributed by atoms with E-state index in [1.54, 1.807) is 19.1 Å². The molecule has 4 bridgehead atoms. The lowest BCUT2D eigenvalue weighted by Gasteiger charge is -2.56. The zero-order chi connectivity index (χ0) is 21.7. The minimum Gasteiger partial charge on any atom is -0.454 e. The van der Waals surface area contributed by atoms with Gasteiger partial charge in [-0.25, -0.2) is 8.42 Å². The van der Waals surface area contributed by atoms with Crippen molar-refractivity contribution in [2.24, 2.45) is 23.2 Å². The molecule has 164 valence electrons. The Balaban J connectivity index is 1.38. The molecule has 1 aromatic rings. The molecule has 5 rings (SSSR count). The highest BCUT2D eigenvalue weighted by Crippen LogP contribution is 2.60. The highest BCUT2D eigenvalue weighted by atomic mass is 32.2. The van der Waals surface area contributed by atoms with Gasteiger partial charge in [-0.05, 0) is 82.3 Å². The molecule has 7 heteroatoms. The summed E-state index contributed by atoms with van der Waals surface area (Å²) in [6, 6.07) is 6.47. The number of hydrogen-bond donors (Lipinski definition) is 0. The van der Waals surface area contributed by atoms with E-state index in [9.17, 15) is 18.0 Å². The summed E-state index contributed by atoms with van der Waals surface area (Å²) in [7, 11) is -2.45. The number of rotatable bonds is 7. The molecule has 4 aliphatic rings. The first-order valence-electron chi connectivity index (χ1n) is 10.9. The van der Waals surface area contributed by atoms with Crippen LogP contribution in [0.25, 0.3) is 0 Å². The van der Waals surface area contributed by atoms with Crippen molar-refractivity contribution in [1.29, 1.82) is 0 Å². The van der Waals surface area contributed by atoms with Crippen molar-refractivity contribution in [1.82, 2.24) is 4.31 Å². The smallest absolute Gasteiger partial charge is 0.321 e. The molecule has 0 N–H and O–H groups in total. The second-order valence-electron chi connectivity index (χ2n) is 9.77. The van der Waals surface area contributed by atoms with Gasteiger partial charge in [0.25, 0.3) is 0 Å². The lowest BCUT2D eigenvalue weighted by atomic mass is 9.48. The van der Waals surface area contributed by atoms with E-state index < -0.39 is 28.6 Å². The summed E-state index contributed by atoms with van der Waals surface area (Å²) in [6.45, 7) is 3.08. The van der Waals surface area contributed by atoms with Crippen LogP contribution in [0, 0.1) is 30.1 Å². The third-order valence-corrected chi connectivity index (χ3v) is 9.14. The first-order chi connectivity index (χ1) is 14.1. The van der Waals surface area contributed by atoms with Crippen LogP contribution in [0.2, 0.25) is 0 Å². The summed E-state index contributed by atoms with van der Waals surface area (Å²) >= 11 is 0.